The van der Waals surface area contributed by atoms with E-state index in [4.69, 9.17) is 4.74 Å². The lowest BCUT2D eigenvalue weighted by Crippen LogP contribution is -2.25. The zero-order valence-corrected chi connectivity index (χ0v) is 12.2. The second kappa shape index (κ2) is 5.85. The molecule has 0 aromatic carbocycles. The first-order chi connectivity index (χ1) is 8.19. The molecule has 1 aliphatic rings. The Balaban J connectivity index is 2.00. The van der Waals surface area contributed by atoms with E-state index in [0.717, 1.165) is 21.8 Å². The molecule has 1 aliphatic carbocycles. The summed E-state index contributed by atoms with van der Waals surface area (Å²) in [6.07, 6.45) is 8.46. The van der Waals surface area contributed by atoms with Crippen LogP contribution in [0.15, 0.2) is 16.7 Å². The lowest BCUT2D eigenvalue weighted by Gasteiger charge is -2.28. The normalized spacial score (nSPS) is 24.6. The molecule has 1 fully saturated rings. The molecule has 0 aliphatic heterocycles. The Morgan fingerprint density at radius 2 is 2.29 bits per heavy atom. The first-order valence-corrected chi connectivity index (χ1v) is 7.27. The van der Waals surface area contributed by atoms with E-state index in [1.54, 1.807) is 0 Å². The van der Waals surface area contributed by atoms with E-state index in [0.29, 0.717) is 6.10 Å². The van der Waals surface area contributed by atoms with E-state index in [2.05, 4.69) is 33.9 Å². The topological polar surface area (TPSA) is 22.1 Å². The third kappa shape index (κ3) is 3.44. The molecule has 2 atom stereocenters. The molecule has 0 spiro atoms. The number of hydrogen-bond acceptors (Lipinski definition) is 2. The number of pyridine rings is 1. The molecular weight excluding hydrogens is 278 g/mol. The van der Waals surface area contributed by atoms with Crippen molar-refractivity contribution in [2.75, 3.05) is 0 Å². The molecule has 0 N–H and O–H groups in total. The molecule has 2 rings (SSSR count). The highest BCUT2D eigenvalue weighted by atomic mass is 79.9. The second-order valence-electron chi connectivity index (χ2n) is 4.98. The van der Waals surface area contributed by atoms with Gasteiger partial charge in [0.1, 0.15) is 6.10 Å². The van der Waals surface area contributed by atoms with Crippen molar-refractivity contribution >= 4 is 15.9 Å². The molecule has 0 amide bonds. The van der Waals surface area contributed by atoms with Gasteiger partial charge in [-0.1, -0.05) is 19.8 Å². The monoisotopic (exact) mass is 297 g/mol. The highest BCUT2D eigenvalue weighted by molar-refractivity contribution is 9.10. The smallest absolute Gasteiger partial charge is 0.228 e. The zero-order valence-electron chi connectivity index (χ0n) is 10.6. The van der Waals surface area contributed by atoms with E-state index < -0.39 is 0 Å². The van der Waals surface area contributed by atoms with Crippen LogP contribution in [0.2, 0.25) is 0 Å². The minimum atomic E-state index is 0.347. The Kier molecular flexibility index (Phi) is 4.43. The summed E-state index contributed by atoms with van der Waals surface area (Å²) in [5, 5.41) is 0. The fourth-order valence-electron chi connectivity index (χ4n) is 2.49. The van der Waals surface area contributed by atoms with Crippen molar-refractivity contribution in [2.45, 2.75) is 52.1 Å². The summed E-state index contributed by atoms with van der Waals surface area (Å²) in [7, 11) is 0. The number of ether oxygens (including phenoxy) is 1. The van der Waals surface area contributed by atoms with Gasteiger partial charge in [-0.25, -0.2) is 4.98 Å². The van der Waals surface area contributed by atoms with Crippen LogP contribution in [0.5, 0.6) is 5.88 Å². The van der Waals surface area contributed by atoms with E-state index in [9.17, 15) is 0 Å². The molecule has 1 saturated carbocycles. The number of nitrogens with zero attached hydrogens (tertiary/aromatic N) is 1. The first kappa shape index (κ1) is 12.9. The van der Waals surface area contributed by atoms with Gasteiger partial charge in [-0.15, -0.1) is 0 Å². The Bertz CT molecular complexity index is 380. The van der Waals surface area contributed by atoms with Gasteiger partial charge in [-0.2, -0.15) is 0 Å². The molecule has 2 unspecified atom stereocenters. The molecular formula is C14H20BrNO. The van der Waals surface area contributed by atoms with Gasteiger partial charge in [0.25, 0.3) is 0 Å². The number of halogens is 1. The third-order valence-corrected chi connectivity index (χ3v) is 4.10. The maximum absolute atomic E-state index is 6.02. The van der Waals surface area contributed by atoms with Crippen molar-refractivity contribution in [3.8, 4) is 5.88 Å². The van der Waals surface area contributed by atoms with Gasteiger partial charge in [0.05, 0.1) is 4.47 Å². The van der Waals surface area contributed by atoms with E-state index >= 15 is 0 Å². The number of aromatic nitrogens is 1. The molecule has 0 bridgehead atoms. The van der Waals surface area contributed by atoms with Gasteiger partial charge in [-0.3, -0.25) is 0 Å². The summed E-state index contributed by atoms with van der Waals surface area (Å²) in [5.74, 6) is 1.58. The Labute approximate surface area is 112 Å². The summed E-state index contributed by atoms with van der Waals surface area (Å²) < 4.78 is 6.98. The van der Waals surface area contributed by atoms with Crippen LogP contribution in [-0.4, -0.2) is 11.1 Å². The van der Waals surface area contributed by atoms with Crippen LogP contribution in [-0.2, 0) is 0 Å². The number of rotatable bonds is 3. The van der Waals surface area contributed by atoms with E-state index in [1.807, 2.05) is 13.1 Å². The quantitative estimate of drug-likeness (QED) is 0.819. The van der Waals surface area contributed by atoms with Crippen LogP contribution in [0, 0.1) is 12.8 Å². The molecule has 3 heteroatoms. The second-order valence-corrected chi connectivity index (χ2v) is 5.83. The molecule has 94 valence electrons. The van der Waals surface area contributed by atoms with Gasteiger partial charge in [0.15, 0.2) is 0 Å². The van der Waals surface area contributed by atoms with Crippen LogP contribution in [0.3, 0.4) is 0 Å². The first-order valence-electron chi connectivity index (χ1n) is 6.47. The molecule has 0 radical (unpaired) electrons. The Hall–Kier alpha value is -0.570. The molecule has 1 aromatic rings. The van der Waals surface area contributed by atoms with Gasteiger partial charge < -0.3 is 4.74 Å². The summed E-state index contributed by atoms with van der Waals surface area (Å²) >= 11 is 3.52. The SMILES string of the molecule is CCC1CCCC(Oc2ncc(C)cc2Br)C1. The highest BCUT2D eigenvalue weighted by Crippen LogP contribution is 2.31. The molecule has 1 aromatic heterocycles. The van der Waals surface area contributed by atoms with Crippen LogP contribution in [0.1, 0.15) is 44.6 Å². The van der Waals surface area contributed by atoms with Gasteiger partial charge >= 0.3 is 0 Å². The van der Waals surface area contributed by atoms with Crippen molar-refractivity contribution in [1.29, 1.82) is 0 Å². The fourth-order valence-corrected chi connectivity index (χ4v) is 3.04. The molecule has 17 heavy (non-hydrogen) atoms. The fraction of sp³-hybridized carbons (Fsp3) is 0.643. The lowest BCUT2D eigenvalue weighted by molar-refractivity contribution is 0.116. The minimum Gasteiger partial charge on any atom is -0.474 e. The van der Waals surface area contributed by atoms with Crippen molar-refractivity contribution in [3.05, 3.63) is 22.3 Å². The molecule has 1 heterocycles. The third-order valence-electron chi connectivity index (χ3n) is 3.53. The summed E-state index contributed by atoms with van der Waals surface area (Å²) in [6.45, 7) is 4.31. The van der Waals surface area contributed by atoms with Crippen molar-refractivity contribution in [3.63, 3.8) is 0 Å². The van der Waals surface area contributed by atoms with Crippen LogP contribution < -0.4 is 4.74 Å². The van der Waals surface area contributed by atoms with Crippen molar-refractivity contribution < 1.29 is 4.74 Å². The zero-order chi connectivity index (χ0) is 12.3. The van der Waals surface area contributed by atoms with Crippen LogP contribution >= 0.6 is 15.9 Å². The maximum Gasteiger partial charge on any atom is 0.228 e. The lowest BCUT2D eigenvalue weighted by atomic mass is 9.85. The number of aryl methyl sites for hydroxylation is 1. The summed E-state index contributed by atoms with van der Waals surface area (Å²) in [5.41, 5.74) is 1.15. The largest absolute Gasteiger partial charge is 0.474 e. The highest BCUT2D eigenvalue weighted by Gasteiger charge is 2.23. The van der Waals surface area contributed by atoms with Gasteiger partial charge in [0, 0.05) is 6.20 Å². The van der Waals surface area contributed by atoms with Crippen LogP contribution in [0.25, 0.3) is 0 Å². The summed E-state index contributed by atoms with van der Waals surface area (Å²) in [4.78, 5) is 4.35. The maximum atomic E-state index is 6.02. The van der Waals surface area contributed by atoms with E-state index in [-0.39, 0.29) is 0 Å². The molecule has 0 saturated heterocycles. The van der Waals surface area contributed by atoms with Crippen molar-refractivity contribution in [1.82, 2.24) is 4.98 Å². The average molecular weight is 298 g/mol. The average Bonchev–Trinajstić information content (AvgIpc) is 2.33. The predicted octanol–water partition coefficient (Wildman–Crippen LogP) is 4.50. The van der Waals surface area contributed by atoms with Gasteiger partial charge in [0.2, 0.25) is 5.88 Å². The van der Waals surface area contributed by atoms with E-state index in [1.165, 1.54) is 32.1 Å². The predicted molar refractivity (Wildman–Crippen MR) is 73.3 cm³/mol. The van der Waals surface area contributed by atoms with Crippen LogP contribution in [0.4, 0.5) is 0 Å². The minimum absolute atomic E-state index is 0.347. The molecule has 2 nitrogen and oxygen atoms in total. The van der Waals surface area contributed by atoms with Crippen molar-refractivity contribution in [2.24, 2.45) is 5.92 Å². The Morgan fingerprint density at radius 1 is 1.47 bits per heavy atom. The standard InChI is InChI=1S/C14H20BrNO/c1-3-11-5-4-6-12(8-11)17-14-13(15)7-10(2)9-16-14/h7,9,11-12H,3-6,8H2,1-2H3. The summed E-state index contributed by atoms with van der Waals surface area (Å²) in [6, 6.07) is 2.06. The Morgan fingerprint density at radius 3 is 3.00 bits per heavy atom. The van der Waals surface area contributed by atoms with Gasteiger partial charge in [-0.05, 0) is 59.7 Å². The number of hydrogen-bond donors (Lipinski definition) is 0.